The smallest absolute Gasteiger partial charge is 0.499 e. The number of carbonyl (C=O) groups excluding carboxylic acids is 1. The van der Waals surface area contributed by atoms with Crippen molar-refractivity contribution in [2.45, 2.75) is 45.0 Å². The number of pyridine rings is 1. The minimum Gasteiger partial charge on any atom is -0.499 e. The molecule has 0 spiro atoms. The monoisotopic (exact) mass is 712 g/mol. The summed E-state index contributed by atoms with van der Waals surface area (Å²) in [6.45, 7) is 10.0. The number of amides is 1. The highest BCUT2D eigenvalue weighted by atomic mass is 32.2. The Morgan fingerprint density at radius 1 is 1.17 bits per heavy atom. The number of methoxy groups -OCH3 is 1. The fraction of sp³-hybridized carbons (Fsp3) is 0.393. The second kappa shape index (κ2) is 15.2. The van der Waals surface area contributed by atoms with E-state index in [-0.39, 0.29) is 59.6 Å². The van der Waals surface area contributed by atoms with E-state index < -0.39 is 48.9 Å². The Hall–Kier alpha value is -4.10. The first-order valence-corrected chi connectivity index (χ1v) is 15.7. The van der Waals surface area contributed by atoms with Gasteiger partial charge in [-0.15, -0.1) is 11.3 Å². The quantitative estimate of drug-likeness (QED) is 0.0585. The van der Waals surface area contributed by atoms with Gasteiger partial charge in [-0.3, -0.25) is 4.68 Å². The number of aromatic nitrogens is 3. The molecule has 4 heterocycles. The van der Waals surface area contributed by atoms with Crippen LogP contribution in [0.5, 0.6) is 5.88 Å². The van der Waals surface area contributed by atoms with Crippen LogP contribution in [0.15, 0.2) is 43.2 Å². The molecule has 1 amide bonds. The van der Waals surface area contributed by atoms with Gasteiger partial charge in [0.1, 0.15) is 34.1 Å². The fourth-order valence-electron chi connectivity index (χ4n) is 3.93. The molecule has 0 saturated carbocycles. The highest BCUT2D eigenvalue weighted by molar-refractivity contribution is 7.88. The Bertz CT molecular complexity index is 1760. The van der Waals surface area contributed by atoms with Crippen LogP contribution in [0.2, 0.25) is 0 Å². The highest BCUT2D eigenvalue weighted by Crippen LogP contribution is 2.41. The van der Waals surface area contributed by atoms with Crippen molar-refractivity contribution in [3.63, 3.8) is 0 Å². The molecule has 0 bridgehead atoms. The van der Waals surface area contributed by atoms with E-state index in [1.54, 1.807) is 27.9 Å². The molecule has 11 nitrogen and oxygen atoms in total. The summed E-state index contributed by atoms with van der Waals surface area (Å²) in [5, 5.41) is 3.08. The lowest BCUT2D eigenvalue weighted by atomic mass is 10.1. The predicted octanol–water partition coefficient (Wildman–Crippen LogP) is 6.86. The zero-order valence-corrected chi connectivity index (χ0v) is 27.1. The maximum Gasteiger partial charge on any atom is 0.534 e. The molecular formula is C28H30F6N4O7S2. The molecule has 1 aliphatic heterocycles. The van der Waals surface area contributed by atoms with E-state index in [1.165, 1.54) is 21.9 Å². The largest absolute Gasteiger partial charge is 0.534 e. The lowest BCUT2D eigenvalue weighted by molar-refractivity contribution is -0.0500. The summed E-state index contributed by atoms with van der Waals surface area (Å²) < 4.78 is 124. The van der Waals surface area contributed by atoms with Gasteiger partial charge in [-0.2, -0.15) is 31.1 Å². The molecule has 4 rings (SSSR count). The molecule has 0 aromatic carbocycles. The first-order valence-electron chi connectivity index (χ1n) is 13.4. The number of nitrogens with zero attached hydrogens (tertiary/aromatic N) is 4. The van der Waals surface area contributed by atoms with Gasteiger partial charge in [0.25, 0.3) is 5.88 Å². The van der Waals surface area contributed by atoms with Crippen LogP contribution in [0.3, 0.4) is 0 Å². The van der Waals surface area contributed by atoms with Gasteiger partial charge in [0, 0.05) is 30.7 Å². The van der Waals surface area contributed by atoms with Crippen molar-refractivity contribution in [2.75, 3.05) is 26.9 Å². The minimum absolute atomic E-state index is 0.00711. The van der Waals surface area contributed by atoms with E-state index in [0.29, 0.717) is 25.0 Å². The molecule has 258 valence electrons. The summed E-state index contributed by atoms with van der Waals surface area (Å²) in [7, 11) is -4.59. The number of fused-ring (bicyclic) bond motifs is 2. The van der Waals surface area contributed by atoms with Crippen LogP contribution in [0, 0.1) is 5.13 Å². The second-order valence-corrected chi connectivity index (χ2v) is 13.0. The van der Waals surface area contributed by atoms with Gasteiger partial charge in [0.15, 0.2) is 5.13 Å². The number of allylic oxidation sites excluding steroid dienone is 2. The first kappa shape index (κ1) is 37.4. The van der Waals surface area contributed by atoms with Gasteiger partial charge < -0.3 is 23.3 Å². The standard InChI is InChI=1S/C23H20F6N4O5S2.C5H10O2/c1-22(2,3)37-21(34)32-6-7-33-13(11-32)9-16(31-33)18-14(8-12(25)4-5-24)15-10-17(26)39-19(15)20(30-18)38-40(35,36)23(27,28)29;1-3-7-5-4-6-2/h4-5,8-10H,6-7,11H2,1-3H3;3H,1,4-5H2,2H3/b5-4+,12-8?;. The molecule has 0 fully saturated rings. The van der Waals surface area contributed by atoms with Crippen molar-refractivity contribution in [1.29, 1.82) is 0 Å². The van der Waals surface area contributed by atoms with Crippen LogP contribution in [0.1, 0.15) is 32.0 Å². The zero-order valence-electron chi connectivity index (χ0n) is 25.4. The molecule has 0 aliphatic carbocycles. The van der Waals surface area contributed by atoms with Crippen LogP contribution in [-0.4, -0.2) is 72.2 Å². The fourth-order valence-corrected chi connectivity index (χ4v) is 5.24. The summed E-state index contributed by atoms with van der Waals surface area (Å²) in [5.41, 5.74) is -6.87. The summed E-state index contributed by atoms with van der Waals surface area (Å²) >= 11 is 0.210. The molecule has 19 heteroatoms. The van der Waals surface area contributed by atoms with E-state index in [4.69, 9.17) is 9.47 Å². The van der Waals surface area contributed by atoms with Crippen molar-refractivity contribution < 1.29 is 57.9 Å². The van der Waals surface area contributed by atoms with Gasteiger partial charge >= 0.3 is 21.7 Å². The molecule has 3 aromatic rings. The van der Waals surface area contributed by atoms with Gasteiger partial charge in [0.2, 0.25) is 0 Å². The maximum absolute atomic E-state index is 14.4. The molecule has 0 saturated heterocycles. The topological polar surface area (TPSA) is 122 Å². The molecule has 0 N–H and O–H groups in total. The summed E-state index contributed by atoms with van der Waals surface area (Å²) in [5.74, 6) is -2.29. The van der Waals surface area contributed by atoms with Crippen LogP contribution >= 0.6 is 11.3 Å². The third-order valence-corrected chi connectivity index (χ3v) is 7.70. The lowest BCUT2D eigenvalue weighted by Gasteiger charge is -2.30. The number of rotatable bonds is 9. The first-order chi connectivity index (χ1) is 21.9. The van der Waals surface area contributed by atoms with E-state index in [0.717, 1.165) is 12.1 Å². The maximum atomic E-state index is 14.4. The van der Waals surface area contributed by atoms with Crippen LogP contribution in [-0.2, 0) is 37.4 Å². The Labute approximate surface area is 269 Å². The highest BCUT2D eigenvalue weighted by Gasteiger charge is 2.49. The molecule has 0 radical (unpaired) electrons. The Morgan fingerprint density at radius 2 is 1.87 bits per heavy atom. The number of ether oxygens (including phenoxy) is 3. The second-order valence-electron chi connectivity index (χ2n) is 10.5. The number of alkyl halides is 3. The lowest BCUT2D eigenvalue weighted by Crippen LogP contribution is -2.41. The summed E-state index contributed by atoms with van der Waals surface area (Å²) in [6, 6.07) is 2.20. The molecule has 3 aromatic heterocycles. The van der Waals surface area contributed by atoms with Crippen molar-refractivity contribution in [3.8, 4) is 17.3 Å². The average Bonchev–Trinajstić information content (AvgIpc) is 3.56. The van der Waals surface area contributed by atoms with Crippen LogP contribution in [0.4, 0.5) is 31.1 Å². The Balaban J connectivity index is 0.000000771. The number of hydrogen-bond acceptors (Lipinski definition) is 10. The summed E-state index contributed by atoms with van der Waals surface area (Å²) in [6.07, 6.45) is 1.84. The molecule has 0 atom stereocenters. The van der Waals surface area contributed by atoms with Crippen molar-refractivity contribution in [1.82, 2.24) is 19.7 Å². The van der Waals surface area contributed by atoms with E-state index >= 15 is 0 Å². The van der Waals surface area contributed by atoms with E-state index in [1.807, 2.05) is 0 Å². The van der Waals surface area contributed by atoms with E-state index in [9.17, 15) is 39.6 Å². The number of thiophene rings is 1. The van der Waals surface area contributed by atoms with Gasteiger partial charge in [-0.05, 0) is 39.0 Å². The molecule has 0 unspecified atom stereocenters. The van der Waals surface area contributed by atoms with Crippen LogP contribution in [0.25, 0.3) is 27.6 Å². The number of halogens is 6. The predicted molar refractivity (Wildman–Crippen MR) is 160 cm³/mol. The summed E-state index contributed by atoms with van der Waals surface area (Å²) in [4.78, 5) is 17.8. The number of carbonyl (C=O) groups is 1. The minimum atomic E-state index is -6.22. The van der Waals surface area contributed by atoms with Crippen LogP contribution < -0.4 is 4.18 Å². The third kappa shape index (κ3) is 9.71. The van der Waals surface area contributed by atoms with Crippen molar-refractivity contribution in [2.24, 2.45) is 0 Å². The third-order valence-electron chi connectivity index (χ3n) is 5.85. The van der Waals surface area contributed by atoms with Crippen molar-refractivity contribution in [3.05, 3.63) is 59.6 Å². The van der Waals surface area contributed by atoms with Crippen molar-refractivity contribution >= 4 is 43.7 Å². The van der Waals surface area contributed by atoms with Gasteiger partial charge in [-0.1, -0.05) is 6.58 Å². The average molecular weight is 713 g/mol. The normalized spacial score (nSPS) is 14.1. The van der Waals surface area contributed by atoms with E-state index in [2.05, 4.69) is 25.6 Å². The number of hydrogen-bond donors (Lipinski definition) is 0. The Kier molecular flexibility index (Phi) is 12.1. The SMILES string of the molecule is C=COCCOC.CC(C)(C)OC(=O)N1CCn2nc(-c3nc(OS(=O)(=O)C(F)(F)F)c4sc(F)cc4c3C=C(F)/C=C/F)cc2C1. The molecule has 1 aliphatic rings. The molecular weight excluding hydrogens is 682 g/mol. The Morgan fingerprint density at radius 3 is 2.47 bits per heavy atom. The van der Waals surface area contributed by atoms with Gasteiger partial charge in [-0.25, -0.2) is 18.6 Å². The van der Waals surface area contributed by atoms with Gasteiger partial charge in [0.05, 0.1) is 38.0 Å². The zero-order chi connectivity index (χ0) is 35.2. The molecule has 47 heavy (non-hydrogen) atoms.